The van der Waals surface area contributed by atoms with Crippen molar-refractivity contribution in [3.63, 3.8) is 0 Å². The van der Waals surface area contributed by atoms with E-state index in [2.05, 4.69) is 32.9 Å². The molecule has 1 fully saturated rings. The number of H-pyrrole nitrogens is 1. The number of anilines is 1. The van der Waals surface area contributed by atoms with Gasteiger partial charge in [-0.1, -0.05) is 0 Å². The monoisotopic (exact) mass is 483 g/mol. The van der Waals surface area contributed by atoms with Gasteiger partial charge >= 0.3 is 0 Å². The van der Waals surface area contributed by atoms with Gasteiger partial charge in [-0.2, -0.15) is 0 Å². The maximum Gasteiger partial charge on any atom is 0.254 e. The molecule has 4 rings (SSSR count). The van der Waals surface area contributed by atoms with Gasteiger partial charge in [0, 0.05) is 36.1 Å². The van der Waals surface area contributed by atoms with Gasteiger partial charge in [0.05, 0.1) is 11.5 Å². The van der Waals surface area contributed by atoms with Gasteiger partial charge in [-0.15, -0.1) is 0 Å². The molecule has 0 bridgehead atoms. The number of nitrogens with zero attached hydrogens (tertiary/aromatic N) is 1. The van der Waals surface area contributed by atoms with Gasteiger partial charge in [0.2, 0.25) is 11.8 Å². The summed E-state index contributed by atoms with van der Waals surface area (Å²) in [7, 11) is 2.11. The van der Waals surface area contributed by atoms with Crippen LogP contribution in [0.5, 0.6) is 0 Å². The summed E-state index contributed by atoms with van der Waals surface area (Å²) in [6.45, 7) is 6.94. The molecule has 8 nitrogen and oxygen atoms in total. The zero-order valence-corrected chi connectivity index (χ0v) is 20.8. The van der Waals surface area contributed by atoms with Gasteiger partial charge in [-0.3, -0.25) is 14.4 Å². The second-order valence-corrected chi connectivity index (χ2v) is 9.76. The first kappa shape index (κ1) is 24.9. The van der Waals surface area contributed by atoms with Crippen molar-refractivity contribution < 1.29 is 18.8 Å². The van der Waals surface area contributed by atoms with Crippen LogP contribution in [0, 0.1) is 19.7 Å². The number of rotatable bonds is 8. The minimum atomic E-state index is -0.684. The van der Waals surface area contributed by atoms with Gasteiger partial charge in [0.25, 0.3) is 5.91 Å². The Labute approximate surface area is 205 Å². The Kier molecular flexibility index (Phi) is 7.25. The summed E-state index contributed by atoms with van der Waals surface area (Å²) < 4.78 is 13.8. The molecule has 0 saturated carbocycles. The number of aromatic nitrogens is 1. The van der Waals surface area contributed by atoms with E-state index >= 15 is 0 Å². The summed E-state index contributed by atoms with van der Waals surface area (Å²) in [5.41, 5.74) is 3.80. The molecule has 0 radical (unpaired) electrons. The zero-order valence-electron chi connectivity index (χ0n) is 20.8. The number of halogens is 1. The van der Waals surface area contributed by atoms with Crippen LogP contribution in [0.4, 0.5) is 10.1 Å². The molecular weight excluding hydrogens is 449 g/mol. The van der Waals surface area contributed by atoms with E-state index in [4.69, 9.17) is 0 Å². The number of benzene rings is 1. The molecule has 1 saturated heterocycles. The first-order valence-corrected chi connectivity index (χ1v) is 12.2. The Hall–Kier alpha value is -3.20. The lowest BCUT2D eigenvalue weighted by molar-refractivity contribution is -0.122. The molecule has 9 heteroatoms. The van der Waals surface area contributed by atoms with Crippen molar-refractivity contribution in [2.45, 2.75) is 64.5 Å². The lowest BCUT2D eigenvalue weighted by Gasteiger charge is -2.20. The van der Waals surface area contributed by atoms with E-state index in [1.54, 1.807) is 19.9 Å². The highest BCUT2D eigenvalue weighted by Gasteiger charge is 2.33. The number of hydrogen-bond donors (Lipinski definition) is 4. The fourth-order valence-electron chi connectivity index (χ4n) is 5.26. The number of carbonyl (C=O) groups is 3. The smallest absolute Gasteiger partial charge is 0.254 e. The van der Waals surface area contributed by atoms with E-state index in [0.717, 1.165) is 30.6 Å². The quantitative estimate of drug-likeness (QED) is 0.463. The van der Waals surface area contributed by atoms with Crippen LogP contribution in [-0.4, -0.2) is 59.8 Å². The number of amides is 3. The average molecular weight is 484 g/mol. The Balaban J connectivity index is 1.38. The molecule has 0 spiro atoms. The molecule has 188 valence electrons. The maximum atomic E-state index is 13.8. The third-order valence-corrected chi connectivity index (χ3v) is 7.33. The van der Waals surface area contributed by atoms with Crippen LogP contribution in [0.15, 0.2) is 18.2 Å². The molecule has 3 heterocycles. The van der Waals surface area contributed by atoms with E-state index in [9.17, 15) is 18.8 Å². The Morgan fingerprint density at radius 2 is 2.06 bits per heavy atom. The fraction of sp³-hybridized carbons (Fsp3) is 0.500. The molecule has 1 aromatic heterocycles. The molecule has 1 aromatic carbocycles. The highest BCUT2D eigenvalue weighted by Crippen LogP contribution is 2.36. The van der Waals surface area contributed by atoms with Crippen LogP contribution in [-0.2, 0) is 16.0 Å². The van der Waals surface area contributed by atoms with Gasteiger partial charge in [0.1, 0.15) is 11.9 Å². The van der Waals surface area contributed by atoms with Gasteiger partial charge in [-0.05, 0) is 83.0 Å². The first-order chi connectivity index (χ1) is 16.7. The summed E-state index contributed by atoms with van der Waals surface area (Å²) in [5.74, 6) is -1.70. The lowest BCUT2D eigenvalue weighted by Crippen LogP contribution is -2.45. The van der Waals surface area contributed by atoms with E-state index < -0.39 is 17.8 Å². The van der Waals surface area contributed by atoms with Crippen molar-refractivity contribution in [2.24, 2.45) is 0 Å². The normalized spacial score (nSPS) is 20.4. The highest BCUT2D eigenvalue weighted by atomic mass is 19.1. The molecule has 3 unspecified atom stereocenters. The number of nitrogens with one attached hydrogen (secondary N) is 4. The molecule has 0 aliphatic carbocycles. The number of carbonyl (C=O) groups excluding carboxylic acids is 3. The topological polar surface area (TPSA) is 106 Å². The molecule has 35 heavy (non-hydrogen) atoms. The second kappa shape index (κ2) is 10.2. The van der Waals surface area contributed by atoms with Crippen LogP contribution in [0.2, 0.25) is 0 Å². The van der Waals surface area contributed by atoms with Crippen molar-refractivity contribution in [1.29, 1.82) is 0 Å². The van der Waals surface area contributed by atoms with Crippen LogP contribution in [0.1, 0.15) is 65.0 Å². The van der Waals surface area contributed by atoms with Gasteiger partial charge in [0.15, 0.2) is 0 Å². The van der Waals surface area contributed by atoms with Crippen molar-refractivity contribution in [3.8, 4) is 0 Å². The summed E-state index contributed by atoms with van der Waals surface area (Å²) >= 11 is 0. The number of hydrogen-bond acceptors (Lipinski definition) is 4. The van der Waals surface area contributed by atoms with Gasteiger partial charge in [-0.25, -0.2) is 4.39 Å². The Bertz CT molecular complexity index is 1140. The Morgan fingerprint density at radius 3 is 2.77 bits per heavy atom. The van der Waals surface area contributed by atoms with E-state index in [1.807, 2.05) is 6.92 Å². The minimum absolute atomic E-state index is 0.197. The molecule has 3 amide bonds. The molecule has 3 atom stereocenters. The van der Waals surface area contributed by atoms with Crippen LogP contribution >= 0.6 is 0 Å². The standard InChI is InChI=1S/C26H34FN5O3/c1-14-22(13-20-19-12-17(27)7-8-21(19)31-25(20)34)29-15(2)23(14)26(35)30-16(3)24(33)28-10-9-18-6-5-11-32(18)4/h7-8,12,16,18,20,29H,5-6,9-11,13H2,1-4H3,(H,28,33)(H,30,35)(H,31,34). The van der Waals surface area contributed by atoms with Crippen molar-refractivity contribution >= 4 is 23.4 Å². The average Bonchev–Trinajstić information content (AvgIpc) is 3.43. The number of aromatic amines is 1. The predicted molar refractivity (Wildman–Crippen MR) is 132 cm³/mol. The summed E-state index contributed by atoms with van der Waals surface area (Å²) in [5, 5.41) is 8.51. The maximum absolute atomic E-state index is 13.8. The van der Waals surface area contributed by atoms with Crippen molar-refractivity contribution in [1.82, 2.24) is 20.5 Å². The number of fused-ring (bicyclic) bond motifs is 1. The van der Waals surface area contributed by atoms with E-state index in [0.29, 0.717) is 41.5 Å². The summed E-state index contributed by atoms with van der Waals surface area (Å²) in [6.07, 6.45) is 3.54. The zero-order chi connectivity index (χ0) is 25.3. The molecule has 4 N–H and O–H groups in total. The van der Waals surface area contributed by atoms with Crippen LogP contribution in [0.3, 0.4) is 0 Å². The largest absolute Gasteiger partial charge is 0.362 e. The third kappa shape index (κ3) is 5.24. The number of aryl methyl sites for hydroxylation is 1. The summed E-state index contributed by atoms with van der Waals surface area (Å²) in [4.78, 5) is 43.6. The predicted octanol–water partition coefficient (Wildman–Crippen LogP) is 2.77. The fourth-order valence-corrected chi connectivity index (χ4v) is 5.26. The van der Waals surface area contributed by atoms with Gasteiger partial charge < -0.3 is 25.8 Å². The lowest BCUT2D eigenvalue weighted by atomic mass is 9.94. The second-order valence-electron chi connectivity index (χ2n) is 9.76. The molecular formula is C26H34FN5O3. The van der Waals surface area contributed by atoms with Crippen molar-refractivity contribution in [2.75, 3.05) is 25.5 Å². The number of likely N-dealkylation sites (tertiary alicyclic amines) is 1. The third-order valence-electron chi connectivity index (χ3n) is 7.33. The van der Waals surface area contributed by atoms with Crippen LogP contribution in [0.25, 0.3) is 0 Å². The van der Waals surface area contributed by atoms with Crippen LogP contribution < -0.4 is 16.0 Å². The molecule has 2 aliphatic heterocycles. The SMILES string of the molecule is Cc1[nH]c(CC2C(=O)Nc3ccc(F)cc32)c(C)c1C(=O)NC(C)C(=O)NCCC1CCCN1C. The first-order valence-electron chi connectivity index (χ1n) is 12.2. The Morgan fingerprint density at radius 1 is 1.29 bits per heavy atom. The highest BCUT2D eigenvalue weighted by molar-refractivity contribution is 6.03. The van der Waals surface area contributed by atoms with E-state index in [1.165, 1.54) is 18.6 Å². The molecule has 2 aromatic rings. The molecule has 2 aliphatic rings. The summed E-state index contributed by atoms with van der Waals surface area (Å²) in [6, 6.07) is 4.07. The minimum Gasteiger partial charge on any atom is -0.362 e. The van der Waals surface area contributed by atoms with E-state index in [-0.39, 0.29) is 17.7 Å². The van der Waals surface area contributed by atoms with Crippen molar-refractivity contribution in [3.05, 3.63) is 52.1 Å².